The van der Waals surface area contributed by atoms with Crippen molar-refractivity contribution in [2.75, 3.05) is 6.54 Å². The van der Waals surface area contributed by atoms with E-state index in [1.54, 1.807) is 0 Å². The minimum absolute atomic E-state index is 0.0115. The highest BCUT2D eigenvalue weighted by atomic mass is 16.4. The lowest BCUT2D eigenvalue weighted by atomic mass is 9.70. The van der Waals surface area contributed by atoms with Crippen molar-refractivity contribution in [1.29, 1.82) is 0 Å². The second kappa shape index (κ2) is 4.64. The standard InChI is InChI=1S/C10H21N3O/c1-3-8(9(11)13-14)12-7-10(2)5-4-6-10/h8,12,14H,3-7H2,1-2H3,(H2,11,13). The van der Waals surface area contributed by atoms with Gasteiger partial charge in [-0.1, -0.05) is 25.4 Å². The van der Waals surface area contributed by atoms with Crippen LogP contribution in [-0.4, -0.2) is 23.6 Å². The normalized spacial score (nSPS) is 22.9. The SMILES string of the molecule is CCC(NCC1(C)CCC1)C(N)=NO. The van der Waals surface area contributed by atoms with Crippen molar-refractivity contribution in [2.24, 2.45) is 16.3 Å². The van der Waals surface area contributed by atoms with Gasteiger partial charge in [-0.05, 0) is 24.7 Å². The van der Waals surface area contributed by atoms with Crippen molar-refractivity contribution >= 4 is 5.84 Å². The molecular formula is C10H21N3O. The maximum atomic E-state index is 8.56. The minimum Gasteiger partial charge on any atom is -0.409 e. The van der Waals surface area contributed by atoms with Gasteiger partial charge in [0.1, 0.15) is 0 Å². The lowest BCUT2D eigenvalue weighted by Crippen LogP contribution is -2.47. The highest BCUT2D eigenvalue weighted by Gasteiger charge is 2.32. The van der Waals surface area contributed by atoms with E-state index < -0.39 is 0 Å². The number of hydrogen-bond donors (Lipinski definition) is 3. The van der Waals surface area contributed by atoms with Gasteiger partial charge in [-0.25, -0.2) is 0 Å². The van der Waals surface area contributed by atoms with Crippen LogP contribution in [0.5, 0.6) is 0 Å². The third kappa shape index (κ3) is 2.61. The molecule has 0 amide bonds. The minimum atomic E-state index is 0.0115. The molecule has 0 radical (unpaired) electrons. The molecule has 1 unspecified atom stereocenters. The van der Waals surface area contributed by atoms with E-state index in [9.17, 15) is 0 Å². The summed E-state index contributed by atoms with van der Waals surface area (Å²) in [5.74, 6) is 0.287. The number of nitrogens with zero attached hydrogens (tertiary/aromatic N) is 1. The van der Waals surface area contributed by atoms with Crippen molar-refractivity contribution in [3.8, 4) is 0 Å². The zero-order valence-corrected chi connectivity index (χ0v) is 9.08. The second-order valence-electron chi connectivity index (χ2n) is 4.53. The van der Waals surface area contributed by atoms with E-state index in [1.165, 1.54) is 19.3 Å². The molecule has 1 atom stereocenters. The van der Waals surface area contributed by atoms with Crippen LogP contribution in [0.1, 0.15) is 39.5 Å². The topological polar surface area (TPSA) is 70.6 Å². The Labute approximate surface area is 85.6 Å². The third-order valence-corrected chi connectivity index (χ3v) is 3.22. The number of amidine groups is 1. The largest absolute Gasteiger partial charge is 0.409 e. The Morgan fingerprint density at radius 1 is 1.64 bits per heavy atom. The number of hydrogen-bond acceptors (Lipinski definition) is 3. The summed E-state index contributed by atoms with van der Waals surface area (Å²) in [5, 5.41) is 14.9. The van der Waals surface area contributed by atoms with E-state index in [1.807, 2.05) is 6.92 Å². The average Bonchev–Trinajstić information content (AvgIpc) is 2.15. The first-order chi connectivity index (χ1) is 6.61. The molecule has 1 saturated carbocycles. The highest BCUT2D eigenvalue weighted by molar-refractivity contribution is 5.85. The van der Waals surface area contributed by atoms with E-state index in [0.717, 1.165) is 13.0 Å². The zero-order valence-electron chi connectivity index (χ0n) is 9.08. The van der Waals surface area contributed by atoms with Gasteiger partial charge in [-0.2, -0.15) is 0 Å². The smallest absolute Gasteiger partial charge is 0.156 e. The molecular weight excluding hydrogens is 178 g/mol. The lowest BCUT2D eigenvalue weighted by Gasteiger charge is -2.39. The maximum Gasteiger partial charge on any atom is 0.156 e. The predicted octanol–water partition coefficient (Wildman–Crippen LogP) is 1.29. The fraction of sp³-hybridized carbons (Fsp3) is 0.900. The molecule has 1 aliphatic rings. The van der Waals surface area contributed by atoms with E-state index >= 15 is 0 Å². The van der Waals surface area contributed by atoms with Gasteiger partial charge in [0.15, 0.2) is 5.84 Å². The molecule has 0 aromatic heterocycles. The summed E-state index contributed by atoms with van der Waals surface area (Å²) in [6, 6.07) is 0.0115. The van der Waals surface area contributed by atoms with Gasteiger partial charge in [-0.3, -0.25) is 0 Å². The molecule has 0 spiro atoms. The first-order valence-electron chi connectivity index (χ1n) is 5.32. The Morgan fingerprint density at radius 3 is 2.64 bits per heavy atom. The van der Waals surface area contributed by atoms with Crippen LogP contribution >= 0.6 is 0 Å². The molecule has 0 heterocycles. The van der Waals surface area contributed by atoms with Crippen molar-refractivity contribution < 1.29 is 5.21 Å². The van der Waals surface area contributed by atoms with Crippen LogP contribution in [0.25, 0.3) is 0 Å². The molecule has 1 aliphatic carbocycles. The van der Waals surface area contributed by atoms with Gasteiger partial charge < -0.3 is 16.3 Å². The molecule has 0 saturated heterocycles. The third-order valence-electron chi connectivity index (χ3n) is 3.22. The molecule has 0 aromatic rings. The maximum absolute atomic E-state index is 8.56. The molecule has 0 bridgehead atoms. The average molecular weight is 199 g/mol. The summed E-state index contributed by atoms with van der Waals surface area (Å²) in [7, 11) is 0. The van der Waals surface area contributed by atoms with Gasteiger partial charge in [-0.15, -0.1) is 0 Å². The van der Waals surface area contributed by atoms with Crippen LogP contribution in [0.3, 0.4) is 0 Å². The van der Waals surface area contributed by atoms with Crippen molar-refractivity contribution in [3.63, 3.8) is 0 Å². The Balaban J connectivity index is 2.34. The molecule has 1 fully saturated rings. The quantitative estimate of drug-likeness (QED) is 0.270. The van der Waals surface area contributed by atoms with Crippen molar-refractivity contribution in [2.45, 2.75) is 45.6 Å². The van der Waals surface area contributed by atoms with E-state index in [4.69, 9.17) is 10.9 Å². The molecule has 4 N–H and O–H groups in total. The molecule has 4 nitrogen and oxygen atoms in total. The Bertz CT molecular complexity index is 211. The first-order valence-corrected chi connectivity index (χ1v) is 5.32. The van der Waals surface area contributed by atoms with Gasteiger partial charge >= 0.3 is 0 Å². The summed E-state index contributed by atoms with van der Waals surface area (Å²) >= 11 is 0. The predicted molar refractivity (Wildman–Crippen MR) is 57.4 cm³/mol. The van der Waals surface area contributed by atoms with Crippen LogP contribution in [0, 0.1) is 5.41 Å². The van der Waals surface area contributed by atoms with Crippen molar-refractivity contribution in [3.05, 3.63) is 0 Å². The molecule has 0 aromatic carbocycles. The van der Waals surface area contributed by atoms with Crippen LogP contribution in [0.15, 0.2) is 5.16 Å². The van der Waals surface area contributed by atoms with Crippen LogP contribution in [0.2, 0.25) is 0 Å². The second-order valence-corrected chi connectivity index (χ2v) is 4.53. The van der Waals surface area contributed by atoms with E-state index in [0.29, 0.717) is 5.41 Å². The van der Waals surface area contributed by atoms with Crippen LogP contribution in [-0.2, 0) is 0 Å². The summed E-state index contributed by atoms with van der Waals surface area (Å²) in [4.78, 5) is 0. The summed E-state index contributed by atoms with van der Waals surface area (Å²) in [5.41, 5.74) is 5.99. The first kappa shape index (κ1) is 11.3. The number of oxime groups is 1. The van der Waals surface area contributed by atoms with Gasteiger partial charge in [0.05, 0.1) is 6.04 Å². The molecule has 0 aliphatic heterocycles. The highest BCUT2D eigenvalue weighted by Crippen LogP contribution is 2.39. The Kier molecular flexibility index (Phi) is 3.75. The fourth-order valence-corrected chi connectivity index (χ4v) is 1.85. The fourth-order valence-electron chi connectivity index (χ4n) is 1.85. The Morgan fingerprint density at radius 2 is 2.29 bits per heavy atom. The van der Waals surface area contributed by atoms with Crippen LogP contribution in [0.4, 0.5) is 0 Å². The van der Waals surface area contributed by atoms with Crippen LogP contribution < -0.4 is 11.1 Å². The monoisotopic (exact) mass is 199 g/mol. The zero-order chi connectivity index (χ0) is 10.6. The number of nitrogens with two attached hydrogens (primary N) is 1. The summed E-state index contributed by atoms with van der Waals surface area (Å²) in [6.45, 7) is 5.27. The molecule has 1 rings (SSSR count). The summed E-state index contributed by atoms with van der Waals surface area (Å²) < 4.78 is 0. The number of rotatable bonds is 5. The summed E-state index contributed by atoms with van der Waals surface area (Å²) in [6.07, 6.45) is 4.75. The molecule has 14 heavy (non-hydrogen) atoms. The van der Waals surface area contributed by atoms with Gasteiger partial charge in [0.2, 0.25) is 0 Å². The lowest BCUT2D eigenvalue weighted by molar-refractivity contribution is 0.154. The number of nitrogens with one attached hydrogen (secondary N) is 1. The van der Waals surface area contributed by atoms with Gasteiger partial charge in [0, 0.05) is 6.54 Å². The molecule has 82 valence electrons. The molecule has 4 heteroatoms. The van der Waals surface area contributed by atoms with Gasteiger partial charge in [0.25, 0.3) is 0 Å². The van der Waals surface area contributed by atoms with Crippen molar-refractivity contribution in [1.82, 2.24) is 5.32 Å². The Hall–Kier alpha value is -0.770. The van der Waals surface area contributed by atoms with E-state index in [2.05, 4.69) is 17.4 Å². The van der Waals surface area contributed by atoms with E-state index in [-0.39, 0.29) is 11.9 Å².